The van der Waals surface area contributed by atoms with Crippen LogP contribution in [0, 0.1) is 0 Å². The second-order valence-electron chi connectivity index (χ2n) is 2.53. The molecule has 0 atom stereocenters. The number of hydrogen-bond acceptors (Lipinski definition) is 4. The Kier molecular flexibility index (Phi) is 2.61. The molecule has 0 bridgehead atoms. The fourth-order valence-corrected chi connectivity index (χ4v) is 0.866. The highest BCUT2D eigenvalue weighted by atomic mass is 16.4. The molecule has 1 amide bonds. The first-order chi connectivity index (χ1) is 6.49. The number of hydrogen-bond donors (Lipinski definition) is 3. The standard InChI is InChI=1S/C7H7N3O4/c8-4(11)2-5-9-3(7(13)14)1-6(12)10-5/h1H,2H2,(H2,8,11)(H,13,14)(H,9,10,12). The molecule has 0 unspecified atom stereocenters. The SMILES string of the molecule is NC(=O)Cc1nc(C(=O)O)cc(=O)[nH]1. The van der Waals surface area contributed by atoms with E-state index in [1.54, 1.807) is 0 Å². The molecule has 0 saturated heterocycles. The van der Waals surface area contributed by atoms with Crippen LogP contribution in [0.4, 0.5) is 0 Å². The van der Waals surface area contributed by atoms with E-state index < -0.39 is 23.1 Å². The van der Waals surface area contributed by atoms with Gasteiger partial charge < -0.3 is 15.8 Å². The van der Waals surface area contributed by atoms with Crippen LogP contribution < -0.4 is 11.3 Å². The number of nitrogens with zero attached hydrogens (tertiary/aromatic N) is 1. The van der Waals surface area contributed by atoms with Crippen molar-refractivity contribution in [1.82, 2.24) is 9.97 Å². The van der Waals surface area contributed by atoms with E-state index >= 15 is 0 Å². The lowest BCUT2D eigenvalue weighted by molar-refractivity contribution is -0.117. The van der Waals surface area contributed by atoms with Gasteiger partial charge in [0.25, 0.3) is 5.56 Å². The molecule has 7 nitrogen and oxygen atoms in total. The van der Waals surface area contributed by atoms with Crippen LogP contribution in [0.2, 0.25) is 0 Å². The van der Waals surface area contributed by atoms with Crippen LogP contribution in [0.1, 0.15) is 16.3 Å². The lowest BCUT2D eigenvalue weighted by atomic mass is 10.3. The average Bonchev–Trinajstić information content (AvgIpc) is 2.01. The number of nitrogens with one attached hydrogen (secondary N) is 1. The molecule has 0 radical (unpaired) electrons. The summed E-state index contributed by atoms with van der Waals surface area (Å²) in [6.45, 7) is 0. The molecule has 74 valence electrons. The fraction of sp³-hybridized carbons (Fsp3) is 0.143. The molecule has 0 spiro atoms. The first-order valence-corrected chi connectivity index (χ1v) is 3.61. The number of aromatic amines is 1. The van der Waals surface area contributed by atoms with Crippen molar-refractivity contribution < 1.29 is 14.7 Å². The largest absolute Gasteiger partial charge is 0.477 e. The highest BCUT2D eigenvalue weighted by Crippen LogP contribution is 1.92. The third-order valence-corrected chi connectivity index (χ3v) is 1.35. The highest BCUT2D eigenvalue weighted by Gasteiger charge is 2.09. The molecule has 1 aromatic rings. The Morgan fingerprint density at radius 3 is 2.71 bits per heavy atom. The Balaban J connectivity index is 3.13. The zero-order valence-electron chi connectivity index (χ0n) is 6.98. The maximum absolute atomic E-state index is 10.9. The van der Waals surface area contributed by atoms with Crippen molar-refractivity contribution in [2.24, 2.45) is 5.73 Å². The number of nitrogens with two attached hydrogens (primary N) is 1. The topological polar surface area (TPSA) is 126 Å². The maximum Gasteiger partial charge on any atom is 0.354 e. The second-order valence-corrected chi connectivity index (χ2v) is 2.53. The number of carbonyl (C=O) groups is 2. The van der Waals surface area contributed by atoms with Crippen molar-refractivity contribution in [2.75, 3.05) is 0 Å². The van der Waals surface area contributed by atoms with Gasteiger partial charge in [-0.25, -0.2) is 9.78 Å². The average molecular weight is 197 g/mol. The van der Waals surface area contributed by atoms with Crippen LogP contribution >= 0.6 is 0 Å². The van der Waals surface area contributed by atoms with E-state index in [-0.39, 0.29) is 12.2 Å². The third-order valence-electron chi connectivity index (χ3n) is 1.35. The monoisotopic (exact) mass is 197 g/mol. The smallest absolute Gasteiger partial charge is 0.354 e. The van der Waals surface area contributed by atoms with Crippen molar-refractivity contribution in [3.63, 3.8) is 0 Å². The summed E-state index contributed by atoms with van der Waals surface area (Å²) in [5.74, 6) is -2.08. The molecule has 0 saturated carbocycles. The van der Waals surface area contributed by atoms with E-state index in [9.17, 15) is 14.4 Å². The molecule has 0 aliphatic carbocycles. The Morgan fingerprint density at radius 1 is 1.57 bits per heavy atom. The predicted molar refractivity (Wildman–Crippen MR) is 44.7 cm³/mol. The number of aromatic nitrogens is 2. The molecule has 14 heavy (non-hydrogen) atoms. The second kappa shape index (κ2) is 3.69. The van der Waals surface area contributed by atoms with Crippen LogP contribution in [0.3, 0.4) is 0 Å². The molecule has 1 rings (SSSR count). The number of carboxylic acid groups (broad SMARTS) is 1. The minimum absolute atomic E-state index is 0.0533. The van der Waals surface area contributed by atoms with Crippen molar-refractivity contribution in [2.45, 2.75) is 6.42 Å². The molecule has 0 aliphatic rings. The normalized spacial score (nSPS) is 9.71. The summed E-state index contributed by atoms with van der Waals surface area (Å²) >= 11 is 0. The van der Waals surface area contributed by atoms with Crippen molar-refractivity contribution in [3.8, 4) is 0 Å². The van der Waals surface area contributed by atoms with Crippen LogP contribution in [-0.2, 0) is 11.2 Å². The number of rotatable bonds is 3. The minimum atomic E-state index is -1.33. The molecule has 0 aromatic carbocycles. The summed E-state index contributed by atoms with van der Waals surface area (Å²) in [4.78, 5) is 37.5. The molecular formula is C7H7N3O4. The molecule has 4 N–H and O–H groups in total. The molecular weight excluding hydrogens is 190 g/mol. The maximum atomic E-state index is 10.9. The molecule has 1 heterocycles. The summed E-state index contributed by atoms with van der Waals surface area (Å²) in [6, 6.07) is 0.826. The zero-order valence-corrected chi connectivity index (χ0v) is 6.98. The fourth-order valence-electron chi connectivity index (χ4n) is 0.866. The Labute approximate surface area is 77.6 Å². The summed E-state index contributed by atoms with van der Waals surface area (Å²) in [5.41, 5.74) is 3.81. The van der Waals surface area contributed by atoms with E-state index in [0.29, 0.717) is 0 Å². The summed E-state index contributed by atoms with van der Waals surface area (Å²) < 4.78 is 0. The van der Waals surface area contributed by atoms with Crippen LogP contribution in [0.5, 0.6) is 0 Å². The third kappa shape index (κ3) is 2.41. The van der Waals surface area contributed by atoms with Gasteiger partial charge in [0.2, 0.25) is 5.91 Å². The Bertz CT molecular complexity index is 437. The van der Waals surface area contributed by atoms with Crippen molar-refractivity contribution in [1.29, 1.82) is 0 Å². The van der Waals surface area contributed by atoms with Gasteiger partial charge in [-0.05, 0) is 0 Å². The van der Waals surface area contributed by atoms with Crippen LogP contribution in [-0.4, -0.2) is 27.0 Å². The van der Waals surface area contributed by atoms with E-state index in [0.717, 1.165) is 6.07 Å². The van der Waals surface area contributed by atoms with Gasteiger partial charge >= 0.3 is 5.97 Å². The lowest BCUT2D eigenvalue weighted by Gasteiger charge is -1.98. The quantitative estimate of drug-likeness (QED) is 0.543. The predicted octanol–water partition coefficient (Wildman–Crippen LogP) is -1.50. The number of H-pyrrole nitrogens is 1. The number of primary amides is 1. The Hall–Kier alpha value is -2.18. The van der Waals surface area contributed by atoms with Gasteiger partial charge in [-0.2, -0.15) is 0 Å². The van der Waals surface area contributed by atoms with Crippen LogP contribution in [0.25, 0.3) is 0 Å². The highest BCUT2D eigenvalue weighted by molar-refractivity contribution is 5.85. The van der Waals surface area contributed by atoms with Gasteiger partial charge in [-0.3, -0.25) is 9.59 Å². The summed E-state index contributed by atoms with van der Waals surface area (Å²) in [6.07, 6.45) is -0.295. The summed E-state index contributed by atoms with van der Waals surface area (Å²) in [7, 11) is 0. The zero-order chi connectivity index (χ0) is 10.7. The van der Waals surface area contributed by atoms with E-state index in [1.807, 2.05) is 0 Å². The van der Waals surface area contributed by atoms with E-state index in [1.165, 1.54) is 0 Å². The summed E-state index contributed by atoms with van der Waals surface area (Å²) in [5, 5.41) is 8.54. The van der Waals surface area contributed by atoms with Crippen molar-refractivity contribution >= 4 is 11.9 Å². The van der Waals surface area contributed by atoms with E-state index in [2.05, 4.69) is 9.97 Å². The first kappa shape index (κ1) is 9.90. The van der Waals surface area contributed by atoms with Gasteiger partial charge in [0.05, 0.1) is 6.42 Å². The number of carbonyl (C=O) groups excluding carboxylic acids is 1. The number of carboxylic acids is 1. The molecule has 1 aromatic heterocycles. The molecule has 0 fully saturated rings. The van der Waals surface area contributed by atoms with Gasteiger partial charge in [0, 0.05) is 6.07 Å². The van der Waals surface area contributed by atoms with Crippen LogP contribution in [0.15, 0.2) is 10.9 Å². The van der Waals surface area contributed by atoms with Gasteiger partial charge in [0.15, 0.2) is 5.69 Å². The lowest BCUT2D eigenvalue weighted by Crippen LogP contribution is -2.21. The molecule has 7 heteroatoms. The van der Waals surface area contributed by atoms with Gasteiger partial charge in [-0.1, -0.05) is 0 Å². The minimum Gasteiger partial charge on any atom is -0.477 e. The number of aromatic carboxylic acids is 1. The first-order valence-electron chi connectivity index (χ1n) is 3.61. The van der Waals surface area contributed by atoms with Gasteiger partial charge in [0.1, 0.15) is 5.82 Å². The number of amides is 1. The van der Waals surface area contributed by atoms with Crippen molar-refractivity contribution in [3.05, 3.63) is 27.9 Å². The Morgan fingerprint density at radius 2 is 2.21 bits per heavy atom. The molecule has 0 aliphatic heterocycles. The van der Waals surface area contributed by atoms with E-state index in [4.69, 9.17) is 10.8 Å². The van der Waals surface area contributed by atoms with Gasteiger partial charge in [-0.15, -0.1) is 0 Å².